The van der Waals surface area contributed by atoms with Crippen molar-refractivity contribution in [3.63, 3.8) is 0 Å². The Hall–Kier alpha value is -0.234. The van der Waals surface area contributed by atoms with E-state index in [2.05, 4.69) is 4.98 Å². The van der Waals surface area contributed by atoms with Gasteiger partial charge >= 0.3 is 51.4 Å². The van der Waals surface area contributed by atoms with Crippen LogP contribution in [-0.4, -0.2) is 4.98 Å². The Balaban J connectivity index is 0.00000108. The fourth-order valence-electron chi connectivity index (χ4n) is 1.63. The minimum atomic E-state index is 0. The summed E-state index contributed by atoms with van der Waals surface area (Å²) >= 11 is 1.55. The van der Waals surface area contributed by atoms with Crippen LogP contribution in [0.3, 0.4) is 0 Å². The molecule has 3 rings (SSSR count). The van der Waals surface area contributed by atoms with E-state index in [1.807, 2.05) is 36.4 Å². The van der Waals surface area contributed by atoms with Crippen LogP contribution < -0.4 is 56.5 Å². The molecule has 0 bridgehead atoms. The first kappa shape index (κ1) is 13.2. The van der Waals surface area contributed by atoms with Gasteiger partial charge in [0.2, 0.25) is 0 Å². The average Bonchev–Trinajstić information content (AvgIpc) is 2.73. The number of fused-ring (bicyclic) bond motifs is 1. The first-order chi connectivity index (χ1) is 7.84. The molecule has 0 amide bonds. The molecule has 0 spiro atoms. The van der Waals surface area contributed by atoms with Gasteiger partial charge in [-0.3, -0.25) is 0 Å². The molecule has 78 valence electrons. The van der Waals surface area contributed by atoms with Gasteiger partial charge in [0, 0.05) is 5.56 Å². The van der Waals surface area contributed by atoms with Crippen molar-refractivity contribution in [2.45, 2.75) is 0 Å². The summed E-state index contributed by atoms with van der Waals surface area (Å²) in [4.78, 5) is 4.46. The van der Waals surface area contributed by atoms with Crippen molar-refractivity contribution < 1.29 is 56.5 Å². The third kappa shape index (κ3) is 2.62. The first-order valence-corrected chi connectivity index (χ1v) is 5.78. The number of thiazole rings is 1. The maximum absolute atomic E-state index is 11.7. The molecule has 0 fully saturated rings. The van der Waals surface area contributed by atoms with Crippen LogP contribution in [0.15, 0.2) is 48.5 Å². The van der Waals surface area contributed by atoms with Gasteiger partial charge < -0.3 is 5.11 Å². The molecule has 2 aromatic carbocycles. The summed E-state index contributed by atoms with van der Waals surface area (Å²) in [6.45, 7) is 0. The maximum Gasteiger partial charge on any atom is 1.00 e. The minimum Gasteiger partial charge on any atom is -0.872 e. The van der Waals surface area contributed by atoms with Gasteiger partial charge in [0.1, 0.15) is 5.01 Å². The number of hydrogen-bond acceptors (Lipinski definition) is 3. The molecule has 3 aromatic rings. The van der Waals surface area contributed by atoms with E-state index in [-0.39, 0.29) is 57.1 Å². The SMILES string of the molecule is [K+].[O-]c1ccccc1-c1nc2ccccc2s1. The van der Waals surface area contributed by atoms with Crippen LogP contribution in [0.4, 0.5) is 0 Å². The van der Waals surface area contributed by atoms with Crippen molar-refractivity contribution in [1.29, 1.82) is 0 Å². The molecular formula is C13H8KNOS. The van der Waals surface area contributed by atoms with Gasteiger partial charge in [-0.2, -0.15) is 0 Å². The zero-order valence-electron chi connectivity index (χ0n) is 9.38. The summed E-state index contributed by atoms with van der Waals surface area (Å²) < 4.78 is 1.11. The van der Waals surface area contributed by atoms with Crippen molar-refractivity contribution in [3.05, 3.63) is 48.5 Å². The Morgan fingerprint density at radius 1 is 0.941 bits per heavy atom. The minimum absolute atomic E-state index is 0. The average molecular weight is 265 g/mol. The summed E-state index contributed by atoms with van der Waals surface area (Å²) in [5.41, 5.74) is 1.63. The second kappa shape index (κ2) is 5.60. The van der Waals surface area contributed by atoms with Gasteiger partial charge in [-0.1, -0.05) is 42.1 Å². The molecule has 1 heterocycles. The van der Waals surface area contributed by atoms with E-state index < -0.39 is 0 Å². The quantitative estimate of drug-likeness (QED) is 0.583. The van der Waals surface area contributed by atoms with E-state index in [9.17, 15) is 5.11 Å². The van der Waals surface area contributed by atoms with Gasteiger partial charge in [-0.05, 0) is 12.1 Å². The van der Waals surface area contributed by atoms with Crippen LogP contribution in [0, 0.1) is 0 Å². The second-order valence-corrected chi connectivity index (χ2v) is 4.51. The number of rotatable bonds is 1. The van der Waals surface area contributed by atoms with Crippen molar-refractivity contribution in [3.8, 4) is 16.3 Å². The van der Waals surface area contributed by atoms with Crippen LogP contribution in [0.25, 0.3) is 20.8 Å². The Labute approximate surface area is 146 Å². The van der Waals surface area contributed by atoms with Crippen molar-refractivity contribution >= 4 is 21.6 Å². The van der Waals surface area contributed by atoms with Gasteiger partial charge in [0.05, 0.1) is 10.2 Å². The molecule has 0 saturated carbocycles. The summed E-state index contributed by atoms with van der Waals surface area (Å²) in [6, 6.07) is 14.9. The second-order valence-electron chi connectivity index (χ2n) is 3.48. The third-order valence-corrected chi connectivity index (χ3v) is 3.48. The number of benzene rings is 2. The van der Waals surface area contributed by atoms with Crippen molar-refractivity contribution in [2.24, 2.45) is 0 Å². The van der Waals surface area contributed by atoms with Crippen LogP contribution in [0.5, 0.6) is 5.75 Å². The topological polar surface area (TPSA) is 36.0 Å². The molecule has 0 aliphatic rings. The van der Waals surface area contributed by atoms with E-state index in [0.29, 0.717) is 5.56 Å². The first-order valence-electron chi connectivity index (χ1n) is 4.96. The van der Waals surface area contributed by atoms with Crippen LogP contribution in [0.2, 0.25) is 0 Å². The molecule has 2 nitrogen and oxygen atoms in total. The Morgan fingerprint density at radius 2 is 1.65 bits per heavy atom. The fraction of sp³-hybridized carbons (Fsp3) is 0. The number of nitrogens with zero attached hydrogens (tertiary/aromatic N) is 1. The summed E-state index contributed by atoms with van der Waals surface area (Å²) in [6.07, 6.45) is 0. The van der Waals surface area contributed by atoms with E-state index in [1.54, 1.807) is 23.5 Å². The number of para-hydroxylation sites is 2. The molecule has 17 heavy (non-hydrogen) atoms. The number of hydrogen-bond donors (Lipinski definition) is 0. The number of aromatic nitrogens is 1. The van der Waals surface area contributed by atoms with Gasteiger partial charge in [0.15, 0.2) is 0 Å². The predicted molar refractivity (Wildman–Crippen MR) is 64.5 cm³/mol. The van der Waals surface area contributed by atoms with Gasteiger partial charge in [-0.15, -0.1) is 11.3 Å². The molecule has 1 aromatic heterocycles. The molecule has 0 N–H and O–H groups in total. The molecule has 4 heteroatoms. The molecule has 0 aliphatic heterocycles. The maximum atomic E-state index is 11.7. The summed E-state index contributed by atoms with van der Waals surface area (Å²) in [5.74, 6) is 0.0292. The third-order valence-electron chi connectivity index (χ3n) is 2.41. The van der Waals surface area contributed by atoms with Gasteiger partial charge in [0.25, 0.3) is 0 Å². The van der Waals surface area contributed by atoms with E-state index in [4.69, 9.17) is 0 Å². The standard InChI is InChI=1S/C13H9NOS.K/c15-11-7-3-1-5-9(11)13-14-10-6-2-4-8-12(10)16-13;/h1-8,15H;/q;+1/p-1. The molecule has 0 saturated heterocycles. The zero-order valence-corrected chi connectivity index (χ0v) is 13.3. The van der Waals surface area contributed by atoms with Gasteiger partial charge in [-0.25, -0.2) is 4.98 Å². The smallest absolute Gasteiger partial charge is 0.872 e. The summed E-state index contributed by atoms with van der Waals surface area (Å²) in [5, 5.41) is 12.5. The molecule has 0 radical (unpaired) electrons. The Kier molecular flexibility index (Phi) is 4.35. The molecule has 0 unspecified atom stereocenters. The van der Waals surface area contributed by atoms with E-state index in [1.165, 1.54) is 0 Å². The van der Waals surface area contributed by atoms with Crippen LogP contribution in [0.1, 0.15) is 0 Å². The molecular weight excluding hydrogens is 257 g/mol. The molecule has 0 atom stereocenters. The Morgan fingerprint density at radius 3 is 2.41 bits per heavy atom. The molecule has 0 aliphatic carbocycles. The predicted octanol–water partition coefficient (Wildman–Crippen LogP) is 0.0409. The Bertz CT molecular complexity index is 617. The van der Waals surface area contributed by atoms with Crippen LogP contribution >= 0.6 is 11.3 Å². The normalized spacial score (nSPS) is 10.1. The largest absolute Gasteiger partial charge is 1.00 e. The zero-order chi connectivity index (χ0) is 11.0. The van der Waals surface area contributed by atoms with Crippen molar-refractivity contribution in [1.82, 2.24) is 4.98 Å². The monoisotopic (exact) mass is 265 g/mol. The van der Waals surface area contributed by atoms with Crippen LogP contribution in [-0.2, 0) is 0 Å². The van der Waals surface area contributed by atoms with E-state index in [0.717, 1.165) is 15.2 Å². The summed E-state index contributed by atoms with van der Waals surface area (Å²) in [7, 11) is 0. The van der Waals surface area contributed by atoms with Crippen molar-refractivity contribution in [2.75, 3.05) is 0 Å². The fourth-order valence-corrected chi connectivity index (χ4v) is 2.63. The van der Waals surface area contributed by atoms with E-state index >= 15 is 0 Å².